The molecule has 4 aromatic carbocycles. The molecule has 34 heavy (non-hydrogen) atoms. The van der Waals surface area contributed by atoms with E-state index in [-0.39, 0.29) is 33.0 Å². The zero-order valence-corrected chi connectivity index (χ0v) is 20.0. The fourth-order valence-corrected chi connectivity index (χ4v) is 4.92. The zero-order chi connectivity index (χ0) is 23.0. The van der Waals surface area contributed by atoms with Crippen LogP contribution in [0, 0.1) is 6.92 Å². The SMILES string of the molecule is Cc1cccc(Cl)c1C(=O)Pc1ccc(OCc2ccccc2)cc1OCc1ccccc1.[LiH]. The van der Waals surface area contributed by atoms with E-state index in [2.05, 4.69) is 0 Å². The number of aryl methyl sites for hydroxylation is 1. The quantitative estimate of drug-likeness (QED) is 0.207. The van der Waals surface area contributed by atoms with Crippen LogP contribution in [-0.2, 0) is 13.2 Å². The van der Waals surface area contributed by atoms with Crippen LogP contribution in [0.3, 0.4) is 0 Å². The third-order valence-electron chi connectivity index (χ3n) is 5.14. The third kappa shape index (κ3) is 6.99. The maximum absolute atomic E-state index is 13.1. The molecule has 3 nitrogen and oxygen atoms in total. The van der Waals surface area contributed by atoms with Gasteiger partial charge in [-0.1, -0.05) is 84.4 Å². The zero-order valence-electron chi connectivity index (χ0n) is 18.3. The van der Waals surface area contributed by atoms with E-state index in [0.29, 0.717) is 35.3 Å². The summed E-state index contributed by atoms with van der Waals surface area (Å²) in [5.74, 6) is 1.33. The Morgan fingerprint density at radius 1 is 0.794 bits per heavy atom. The molecule has 0 amide bonds. The summed E-state index contributed by atoms with van der Waals surface area (Å²) >= 11 is 6.33. The molecule has 0 spiro atoms. The molecular weight excluding hydrogens is 458 g/mol. The molecule has 0 aromatic heterocycles. The van der Waals surface area contributed by atoms with E-state index in [9.17, 15) is 4.79 Å². The maximum atomic E-state index is 13.1. The summed E-state index contributed by atoms with van der Waals surface area (Å²) in [6.45, 7) is 2.76. The second kappa shape index (κ2) is 12.8. The Hall–Kier alpha value is -2.53. The molecule has 0 heterocycles. The number of carbonyl (C=O) groups is 1. The van der Waals surface area contributed by atoms with Crippen LogP contribution >= 0.6 is 20.2 Å². The molecule has 168 valence electrons. The van der Waals surface area contributed by atoms with Gasteiger partial charge in [0.1, 0.15) is 24.7 Å². The molecule has 0 aliphatic carbocycles. The standard InChI is InChI=1S/C28H24ClO3P.Li.H/c1-20-9-8-14-24(29)27(20)28(30)33-26-16-15-23(31-18-21-10-4-2-5-11-21)17-25(26)32-19-22-12-6-3-7-13-22;;/h2-17,33H,18-19H2,1H3;;. The molecule has 6 heteroatoms. The molecule has 1 atom stereocenters. The van der Waals surface area contributed by atoms with E-state index in [1.54, 1.807) is 6.07 Å². The molecule has 0 fully saturated rings. The van der Waals surface area contributed by atoms with E-state index in [1.807, 2.05) is 97.9 Å². The number of rotatable bonds is 9. The number of ether oxygens (including phenoxy) is 2. The molecule has 4 aromatic rings. The van der Waals surface area contributed by atoms with Crippen molar-refractivity contribution in [1.82, 2.24) is 0 Å². The summed E-state index contributed by atoms with van der Waals surface area (Å²) in [5.41, 5.74) is 3.56. The van der Waals surface area contributed by atoms with Crippen molar-refractivity contribution in [2.45, 2.75) is 20.1 Å². The Kier molecular flexibility index (Phi) is 9.82. The van der Waals surface area contributed by atoms with Gasteiger partial charge >= 0.3 is 18.9 Å². The van der Waals surface area contributed by atoms with Crippen LogP contribution in [0.15, 0.2) is 97.1 Å². The van der Waals surface area contributed by atoms with Gasteiger partial charge in [-0.15, -0.1) is 0 Å². The fourth-order valence-electron chi connectivity index (χ4n) is 3.40. The third-order valence-corrected chi connectivity index (χ3v) is 6.61. The minimum absolute atomic E-state index is 0. The van der Waals surface area contributed by atoms with E-state index < -0.39 is 0 Å². The van der Waals surface area contributed by atoms with Gasteiger partial charge in [-0.2, -0.15) is 0 Å². The second-order valence-corrected chi connectivity index (χ2v) is 9.24. The monoisotopic (exact) mass is 482 g/mol. The first-order valence-electron chi connectivity index (χ1n) is 10.6. The van der Waals surface area contributed by atoms with Crippen molar-refractivity contribution in [2.75, 3.05) is 0 Å². The van der Waals surface area contributed by atoms with Crippen LogP contribution in [-0.4, -0.2) is 24.4 Å². The van der Waals surface area contributed by atoms with Crippen molar-refractivity contribution < 1.29 is 14.3 Å². The van der Waals surface area contributed by atoms with Crippen LogP contribution in [0.25, 0.3) is 0 Å². The predicted molar refractivity (Wildman–Crippen MR) is 144 cm³/mol. The van der Waals surface area contributed by atoms with Crippen molar-refractivity contribution in [2.24, 2.45) is 0 Å². The summed E-state index contributed by atoms with van der Waals surface area (Å²) in [5, 5.41) is 1.30. The van der Waals surface area contributed by atoms with Crippen molar-refractivity contribution in [3.05, 3.63) is 124 Å². The molecule has 1 unspecified atom stereocenters. The van der Waals surface area contributed by atoms with E-state index in [1.165, 1.54) is 0 Å². The van der Waals surface area contributed by atoms with Gasteiger partial charge in [0, 0.05) is 16.9 Å². The van der Waals surface area contributed by atoms with Gasteiger partial charge in [0.2, 0.25) is 0 Å². The number of hydrogen-bond donors (Lipinski definition) is 0. The van der Waals surface area contributed by atoms with Crippen LogP contribution < -0.4 is 14.8 Å². The Bertz CT molecular complexity index is 1210. The molecular formula is C28H25ClLiO3P. The number of hydrogen-bond acceptors (Lipinski definition) is 3. The summed E-state index contributed by atoms with van der Waals surface area (Å²) < 4.78 is 12.1. The summed E-state index contributed by atoms with van der Waals surface area (Å²) in [4.78, 5) is 13.1. The molecule has 4 rings (SSSR count). The Balaban J connectivity index is 0.00000324. The fraction of sp³-hybridized carbons (Fsp3) is 0.107. The van der Waals surface area contributed by atoms with Gasteiger partial charge in [-0.05, 0) is 50.4 Å². The van der Waals surface area contributed by atoms with E-state index >= 15 is 0 Å². The second-order valence-electron chi connectivity index (χ2n) is 7.59. The van der Waals surface area contributed by atoms with Crippen LogP contribution in [0.2, 0.25) is 5.02 Å². The summed E-state index contributed by atoms with van der Waals surface area (Å²) in [6.07, 6.45) is 0. The molecule has 0 radical (unpaired) electrons. The Morgan fingerprint density at radius 3 is 2.03 bits per heavy atom. The van der Waals surface area contributed by atoms with Crippen molar-refractivity contribution in [1.29, 1.82) is 0 Å². The molecule has 0 aliphatic heterocycles. The van der Waals surface area contributed by atoms with Gasteiger partial charge in [0.15, 0.2) is 5.52 Å². The average molecular weight is 483 g/mol. The predicted octanol–water partition coefficient (Wildman–Crippen LogP) is 6.30. The molecule has 0 saturated heterocycles. The van der Waals surface area contributed by atoms with Gasteiger partial charge in [-0.25, -0.2) is 0 Å². The first kappa shape index (κ1) is 26.1. The van der Waals surface area contributed by atoms with E-state index in [0.717, 1.165) is 22.0 Å². The molecule has 0 N–H and O–H groups in total. The van der Waals surface area contributed by atoms with Gasteiger partial charge in [0.25, 0.3) is 0 Å². The average Bonchev–Trinajstić information content (AvgIpc) is 2.83. The first-order chi connectivity index (χ1) is 16.1. The van der Waals surface area contributed by atoms with Crippen LogP contribution in [0.1, 0.15) is 27.0 Å². The summed E-state index contributed by atoms with van der Waals surface area (Å²) in [7, 11) is -0.118. The molecule has 0 aliphatic rings. The topological polar surface area (TPSA) is 35.5 Å². The number of halogens is 1. The molecule has 0 saturated carbocycles. The molecule has 0 bridgehead atoms. The van der Waals surface area contributed by atoms with Gasteiger partial charge in [0.05, 0.1) is 5.02 Å². The van der Waals surface area contributed by atoms with Crippen molar-refractivity contribution in [3.8, 4) is 11.5 Å². The van der Waals surface area contributed by atoms with Crippen molar-refractivity contribution >= 4 is 49.9 Å². The first-order valence-corrected chi connectivity index (χ1v) is 12.0. The number of benzene rings is 4. The van der Waals surface area contributed by atoms with Gasteiger partial charge < -0.3 is 9.47 Å². The van der Waals surface area contributed by atoms with Crippen LogP contribution in [0.5, 0.6) is 11.5 Å². The Labute approximate surface area is 219 Å². The minimum atomic E-state index is -0.118. The summed E-state index contributed by atoms with van der Waals surface area (Å²) in [6, 6.07) is 31.1. The van der Waals surface area contributed by atoms with Crippen molar-refractivity contribution in [3.63, 3.8) is 0 Å². The Morgan fingerprint density at radius 2 is 1.41 bits per heavy atom. The number of carbonyl (C=O) groups excluding carboxylic acids is 1. The normalized spacial score (nSPS) is 10.6. The van der Waals surface area contributed by atoms with E-state index in [4.69, 9.17) is 21.1 Å². The van der Waals surface area contributed by atoms with Gasteiger partial charge in [-0.3, -0.25) is 4.79 Å². The van der Waals surface area contributed by atoms with Crippen LogP contribution in [0.4, 0.5) is 0 Å².